The number of hydrogen-bond donors (Lipinski definition) is 6. The highest BCUT2D eigenvalue weighted by Gasteiger charge is 2.48. The molecule has 6 N–H and O–H groups in total. The van der Waals surface area contributed by atoms with Gasteiger partial charge in [-0.3, -0.25) is 0 Å². The van der Waals surface area contributed by atoms with Crippen LogP contribution >= 0.6 is 0 Å². The van der Waals surface area contributed by atoms with E-state index >= 15 is 0 Å². The van der Waals surface area contributed by atoms with E-state index in [0.29, 0.717) is 0 Å². The molecular formula is C12H22O10. The summed E-state index contributed by atoms with van der Waals surface area (Å²) in [6, 6.07) is 0. The van der Waals surface area contributed by atoms with Crippen LogP contribution in [-0.2, 0) is 18.9 Å². The van der Waals surface area contributed by atoms with Crippen molar-refractivity contribution in [3.05, 3.63) is 0 Å². The third kappa shape index (κ3) is 3.41. The molecule has 0 spiro atoms. The van der Waals surface area contributed by atoms with Crippen LogP contribution in [0.4, 0.5) is 0 Å². The Morgan fingerprint density at radius 2 is 1.64 bits per heavy atom. The molecule has 10 nitrogen and oxygen atoms in total. The average Bonchev–Trinajstić information content (AvgIpc) is 2.52. The van der Waals surface area contributed by atoms with E-state index in [1.54, 1.807) is 0 Å². The minimum atomic E-state index is -1.62. The fraction of sp³-hybridized carbons (Fsp3) is 1.00. The van der Waals surface area contributed by atoms with Crippen LogP contribution in [0.15, 0.2) is 0 Å². The van der Waals surface area contributed by atoms with Crippen molar-refractivity contribution in [1.82, 2.24) is 0 Å². The lowest BCUT2D eigenvalue weighted by molar-refractivity contribution is -0.354. The second-order valence-corrected chi connectivity index (χ2v) is 5.29. The minimum Gasteiger partial charge on any atom is -0.394 e. The van der Waals surface area contributed by atoms with Gasteiger partial charge in [-0.05, 0) is 0 Å². The lowest BCUT2D eigenvalue weighted by Crippen LogP contribution is -2.62. The van der Waals surface area contributed by atoms with Crippen LogP contribution in [0, 0.1) is 0 Å². The first-order valence-corrected chi connectivity index (χ1v) is 6.87. The minimum absolute atomic E-state index is 0.159. The number of rotatable bonds is 4. The lowest BCUT2D eigenvalue weighted by Gasteiger charge is -2.44. The standard InChI is InChI=1S/C12H22O10/c1-19-12-10(6(15)4(14)3-20-12)22-11-9(18)8(17)7(16)5(2-13)21-11/h4-18H,2-3H2,1H3/t4-,5+,6+,7+,8+,9+,10-,11-,12+/m0/s1. The second kappa shape index (κ2) is 7.45. The lowest BCUT2D eigenvalue weighted by atomic mass is 9.99. The van der Waals surface area contributed by atoms with E-state index in [9.17, 15) is 25.5 Å². The van der Waals surface area contributed by atoms with Gasteiger partial charge in [-0.1, -0.05) is 0 Å². The Morgan fingerprint density at radius 1 is 0.955 bits per heavy atom. The summed E-state index contributed by atoms with van der Waals surface area (Å²) < 4.78 is 20.7. The third-order valence-corrected chi connectivity index (χ3v) is 3.80. The number of hydrogen-bond acceptors (Lipinski definition) is 10. The van der Waals surface area contributed by atoms with Crippen molar-refractivity contribution in [3.63, 3.8) is 0 Å². The molecule has 2 aliphatic heterocycles. The van der Waals surface area contributed by atoms with Gasteiger partial charge in [0.2, 0.25) is 0 Å². The summed E-state index contributed by atoms with van der Waals surface area (Å²) >= 11 is 0. The highest BCUT2D eigenvalue weighted by atomic mass is 16.7. The molecule has 0 saturated carbocycles. The van der Waals surface area contributed by atoms with Gasteiger partial charge in [-0.25, -0.2) is 0 Å². The monoisotopic (exact) mass is 326 g/mol. The predicted molar refractivity (Wildman–Crippen MR) is 67.4 cm³/mol. The fourth-order valence-electron chi connectivity index (χ4n) is 2.45. The molecule has 0 radical (unpaired) electrons. The number of aliphatic hydroxyl groups excluding tert-OH is 6. The van der Waals surface area contributed by atoms with Gasteiger partial charge in [-0.15, -0.1) is 0 Å². The molecule has 2 aliphatic rings. The molecule has 2 fully saturated rings. The van der Waals surface area contributed by atoms with Gasteiger partial charge in [0, 0.05) is 7.11 Å². The van der Waals surface area contributed by atoms with Crippen molar-refractivity contribution < 1.29 is 49.6 Å². The summed E-state index contributed by atoms with van der Waals surface area (Å²) in [7, 11) is 1.30. The van der Waals surface area contributed by atoms with E-state index in [4.69, 9.17) is 24.1 Å². The molecule has 22 heavy (non-hydrogen) atoms. The van der Waals surface area contributed by atoms with Crippen LogP contribution in [0.5, 0.6) is 0 Å². The topological polar surface area (TPSA) is 158 Å². The fourth-order valence-corrected chi connectivity index (χ4v) is 2.45. The molecule has 2 rings (SSSR count). The van der Waals surface area contributed by atoms with Crippen molar-refractivity contribution in [1.29, 1.82) is 0 Å². The molecule has 9 atom stereocenters. The third-order valence-electron chi connectivity index (χ3n) is 3.80. The maximum atomic E-state index is 9.96. The van der Waals surface area contributed by atoms with Crippen LogP contribution in [-0.4, -0.2) is 106 Å². The molecule has 2 heterocycles. The quantitative estimate of drug-likeness (QED) is 0.300. The Morgan fingerprint density at radius 3 is 2.23 bits per heavy atom. The zero-order valence-electron chi connectivity index (χ0n) is 11.9. The average molecular weight is 326 g/mol. The van der Waals surface area contributed by atoms with Crippen LogP contribution in [0.3, 0.4) is 0 Å². The van der Waals surface area contributed by atoms with Gasteiger partial charge in [0.1, 0.15) is 42.7 Å². The molecule has 0 bridgehead atoms. The van der Waals surface area contributed by atoms with Crippen molar-refractivity contribution in [3.8, 4) is 0 Å². The highest BCUT2D eigenvalue weighted by molar-refractivity contribution is 4.91. The van der Waals surface area contributed by atoms with Crippen LogP contribution < -0.4 is 0 Å². The maximum Gasteiger partial charge on any atom is 0.187 e. The molecule has 0 unspecified atom stereocenters. The number of aliphatic hydroxyl groups is 6. The first kappa shape index (κ1) is 17.9. The zero-order valence-corrected chi connectivity index (χ0v) is 11.9. The smallest absolute Gasteiger partial charge is 0.187 e. The highest BCUT2D eigenvalue weighted by Crippen LogP contribution is 2.27. The molecule has 0 aliphatic carbocycles. The van der Waals surface area contributed by atoms with Crippen LogP contribution in [0.25, 0.3) is 0 Å². The van der Waals surface area contributed by atoms with Crippen molar-refractivity contribution in [2.75, 3.05) is 20.3 Å². The first-order chi connectivity index (χ1) is 10.4. The van der Waals surface area contributed by atoms with Crippen molar-refractivity contribution in [2.24, 2.45) is 0 Å². The van der Waals surface area contributed by atoms with E-state index in [1.807, 2.05) is 0 Å². The Labute approximate surface area is 126 Å². The molecule has 0 aromatic heterocycles. The molecule has 0 aromatic rings. The molecule has 130 valence electrons. The van der Waals surface area contributed by atoms with Gasteiger partial charge in [0.15, 0.2) is 12.6 Å². The maximum absolute atomic E-state index is 9.96. The van der Waals surface area contributed by atoms with Gasteiger partial charge in [-0.2, -0.15) is 0 Å². The van der Waals surface area contributed by atoms with Gasteiger partial charge in [0.05, 0.1) is 13.2 Å². The van der Waals surface area contributed by atoms with Crippen molar-refractivity contribution in [2.45, 2.75) is 55.3 Å². The van der Waals surface area contributed by atoms with E-state index in [1.165, 1.54) is 7.11 Å². The summed E-state index contributed by atoms with van der Waals surface area (Å²) in [5, 5.41) is 58.0. The van der Waals surface area contributed by atoms with Crippen molar-refractivity contribution >= 4 is 0 Å². The molecular weight excluding hydrogens is 304 g/mol. The Bertz CT molecular complexity index is 351. The normalized spacial score (nSPS) is 50.0. The van der Waals surface area contributed by atoms with Gasteiger partial charge >= 0.3 is 0 Å². The molecule has 10 heteroatoms. The summed E-state index contributed by atoms with van der Waals surface area (Å²) in [5.74, 6) is 0. The summed E-state index contributed by atoms with van der Waals surface area (Å²) in [4.78, 5) is 0. The van der Waals surface area contributed by atoms with E-state index in [0.717, 1.165) is 0 Å². The summed E-state index contributed by atoms with van der Waals surface area (Å²) in [6.45, 7) is -0.765. The second-order valence-electron chi connectivity index (χ2n) is 5.29. The SMILES string of the molecule is CO[C@@H]1OC[C@H](O)[C@@H](O)[C@@H]1O[C@@H]1O[C@H](CO)[C@@H](O)[C@@H](O)[C@H]1O. The van der Waals surface area contributed by atoms with Gasteiger partial charge < -0.3 is 49.6 Å². The molecule has 0 aromatic carbocycles. The Balaban J connectivity index is 2.09. The molecule has 2 saturated heterocycles. The summed E-state index contributed by atoms with van der Waals surface area (Å²) in [6.07, 6.45) is -12.2. The van der Waals surface area contributed by atoms with E-state index in [-0.39, 0.29) is 6.61 Å². The zero-order chi connectivity index (χ0) is 16.4. The van der Waals surface area contributed by atoms with Crippen LogP contribution in [0.1, 0.15) is 0 Å². The summed E-state index contributed by atoms with van der Waals surface area (Å²) in [5.41, 5.74) is 0. The van der Waals surface area contributed by atoms with Crippen LogP contribution in [0.2, 0.25) is 0 Å². The Kier molecular flexibility index (Phi) is 6.07. The van der Waals surface area contributed by atoms with Gasteiger partial charge in [0.25, 0.3) is 0 Å². The van der Waals surface area contributed by atoms with E-state index < -0.39 is 61.9 Å². The number of methoxy groups -OCH3 is 1. The number of ether oxygens (including phenoxy) is 4. The first-order valence-electron chi connectivity index (χ1n) is 6.87. The van der Waals surface area contributed by atoms with E-state index in [2.05, 4.69) is 0 Å². The molecule has 0 amide bonds. The largest absolute Gasteiger partial charge is 0.394 e. The Hall–Kier alpha value is -0.400. The predicted octanol–water partition coefficient (Wildman–Crippen LogP) is -4.10.